The molecular weight excluding hydrogens is 691 g/mol. The highest BCUT2D eigenvalue weighted by atomic mass is 32.3. The lowest BCUT2D eigenvalue weighted by atomic mass is 9.79. The molecule has 6 aromatic rings. The van der Waals surface area contributed by atoms with Gasteiger partial charge in [-0.05, 0) is 70.3 Å². The maximum absolute atomic E-state index is 14.4. The van der Waals surface area contributed by atoms with Crippen molar-refractivity contribution in [3.05, 3.63) is 169 Å². The van der Waals surface area contributed by atoms with Crippen LogP contribution in [-0.2, 0) is 14.4 Å². The Kier molecular flexibility index (Phi) is 10.9. The molecule has 0 spiro atoms. The zero-order chi connectivity index (χ0) is 35.9. The fraction of sp³-hybridized carbons (Fsp3) is 0. The number of benzene rings is 6. The molecule has 0 aliphatic carbocycles. The molecule has 0 radical (unpaired) electrons. The normalized spacial score (nSPS) is 11.3. The predicted octanol–water partition coefficient (Wildman–Crippen LogP) is 10.6. The molecule has 0 amide bonds. The first kappa shape index (κ1) is 35.7. The topological polar surface area (TPSA) is 44.8 Å². The quantitative estimate of drug-likeness (QED) is 0.0492. The third kappa shape index (κ3) is 8.32. The Morgan fingerprint density at radius 2 is 0.700 bits per heavy atom. The summed E-state index contributed by atoms with van der Waals surface area (Å²) in [5.74, 6) is -10.3. The molecule has 0 N–H and O–H groups in total. The number of halogens is 8. The van der Waals surface area contributed by atoms with Crippen LogP contribution in [0.2, 0.25) is 0 Å². The predicted molar refractivity (Wildman–Crippen MR) is 173 cm³/mol. The van der Waals surface area contributed by atoms with Gasteiger partial charge in [0.25, 0.3) is 0 Å². The van der Waals surface area contributed by atoms with Gasteiger partial charge in [-0.15, -0.1) is 0 Å². The van der Waals surface area contributed by atoms with Crippen molar-refractivity contribution < 1.29 is 52.8 Å². The lowest BCUT2D eigenvalue weighted by Crippen LogP contribution is -2.41. The first-order chi connectivity index (χ1) is 23.9. The minimum atomic E-state index is -6.30. The summed E-state index contributed by atoms with van der Waals surface area (Å²) in [6, 6.07) is 42.5. The van der Waals surface area contributed by atoms with Gasteiger partial charge in [0.1, 0.15) is 34.6 Å². The lowest BCUT2D eigenvalue weighted by molar-refractivity contribution is 0.377. The average molecular weight is 714 g/mol. The van der Waals surface area contributed by atoms with Crippen LogP contribution < -0.4 is 19.1 Å². The van der Waals surface area contributed by atoms with Crippen LogP contribution in [0, 0.1) is 29.1 Å². The molecule has 0 bridgehead atoms. The fourth-order valence-corrected chi connectivity index (χ4v) is 6.21. The molecule has 256 valence electrons. The Labute approximate surface area is 282 Å². The minimum absolute atomic E-state index is 0.520. The van der Waals surface area contributed by atoms with E-state index in [0.29, 0.717) is 27.0 Å². The molecule has 6 aromatic carbocycles. The second-order valence-corrected chi connectivity index (χ2v) is 12.3. The zero-order valence-corrected chi connectivity index (χ0v) is 26.2. The molecular formula is C36H23BF8O4S. The summed E-state index contributed by atoms with van der Waals surface area (Å²) in [6.45, 7) is -6.30. The highest BCUT2D eigenvalue weighted by Crippen LogP contribution is 2.35. The Morgan fingerprint density at radius 3 is 1.04 bits per heavy atom. The number of ether oxygens (including phenoxy) is 2. The molecule has 0 unspecified atom stereocenters. The van der Waals surface area contributed by atoms with Crippen molar-refractivity contribution >= 4 is 22.7 Å². The van der Waals surface area contributed by atoms with Crippen LogP contribution >= 0.6 is 0 Å². The number of para-hydroxylation sites is 3. The second-order valence-electron chi connectivity index (χ2n) is 10.2. The zero-order valence-electron chi connectivity index (χ0n) is 25.4. The SMILES string of the molecule is Fc1c(F)c(F)c([B-](F)(F)F)c(F)c1F.O=[S+](Oc1ccccc1)(c1ccc(Oc2ccccc2)cc1)c1ccc(Oc2ccccc2)cc1. The summed E-state index contributed by atoms with van der Waals surface area (Å²) in [4.78, 5) is 1.08. The third-order valence-corrected chi connectivity index (χ3v) is 8.97. The van der Waals surface area contributed by atoms with Crippen molar-refractivity contribution in [1.29, 1.82) is 0 Å². The van der Waals surface area contributed by atoms with Gasteiger partial charge in [-0.25, -0.2) is 22.0 Å². The van der Waals surface area contributed by atoms with E-state index in [4.69, 9.17) is 13.7 Å². The van der Waals surface area contributed by atoms with Crippen LogP contribution in [0.15, 0.2) is 149 Å². The van der Waals surface area contributed by atoms with Gasteiger partial charge in [0.05, 0.1) is 0 Å². The minimum Gasteiger partial charge on any atom is -0.457 e. The van der Waals surface area contributed by atoms with Gasteiger partial charge in [0, 0.05) is 24.3 Å². The molecule has 0 saturated heterocycles. The van der Waals surface area contributed by atoms with Gasteiger partial charge in [-0.1, -0.05) is 54.6 Å². The molecule has 14 heteroatoms. The number of rotatable bonds is 9. The largest absolute Gasteiger partial charge is 0.515 e. The molecule has 0 aliphatic heterocycles. The van der Waals surface area contributed by atoms with Crippen molar-refractivity contribution in [2.45, 2.75) is 9.79 Å². The van der Waals surface area contributed by atoms with E-state index < -0.39 is 51.7 Å². The van der Waals surface area contributed by atoms with E-state index in [0.717, 1.165) is 11.5 Å². The maximum atomic E-state index is 14.4. The molecule has 0 aliphatic rings. The smallest absolute Gasteiger partial charge is 0.457 e. The third-order valence-electron chi connectivity index (χ3n) is 6.75. The summed E-state index contributed by atoms with van der Waals surface area (Å²) < 4.78 is 130. The van der Waals surface area contributed by atoms with Crippen LogP contribution in [0.25, 0.3) is 0 Å². The monoisotopic (exact) mass is 714 g/mol. The first-order valence-electron chi connectivity index (χ1n) is 14.5. The summed E-state index contributed by atoms with van der Waals surface area (Å²) in [5.41, 5.74) is -2.73. The van der Waals surface area contributed by atoms with E-state index >= 15 is 0 Å². The fourth-order valence-electron chi connectivity index (χ4n) is 4.38. The lowest BCUT2D eigenvalue weighted by Gasteiger charge is -2.17. The van der Waals surface area contributed by atoms with Crippen LogP contribution in [-0.4, -0.2) is 6.98 Å². The highest BCUT2D eigenvalue weighted by molar-refractivity contribution is 7.99. The molecule has 6 rings (SSSR count). The van der Waals surface area contributed by atoms with E-state index in [1.54, 1.807) is 60.7 Å². The van der Waals surface area contributed by atoms with Crippen molar-refractivity contribution in [3.8, 4) is 28.7 Å². The summed E-state index contributed by atoms with van der Waals surface area (Å²) >= 11 is 0. The number of hydrogen-bond donors (Lipinski definition) is 0. The molecule has 0 heterocycles. The van der Waals surface area contributed by atoms with Crippen LogP contribution in [0.1, 0.15) is 0 Å². The molecule has 0 fully saturated rings. The maximum Gasteiger partial charge on any atom is 0.515 e. The van der Waals surface area contributed by atoms with Crippen LogP contribution in [0.5, 0.6) is 28.7 Å². The Bertz CT molecular complexity index is 1970. The molecule has 0 saturated carbocycles. The summed E-state index contributed by atoms with van der Waals surface area (Å²) in [7, 11) is -3.09. The van der Waals surface area contributed by atoms with Crippen molar-refractivity contribution in [2.24, 2.45) is 0 Å². The molecule has 50 heavy (non-hydrogen) atoms. The Morgan fingerprint density at radius 1 is 0.400 bits per heavy atom. The van der Waals surface area contributed by atoms with Gasteiger partial charge >= 0.3 is 17.2 Å². The molecule has 4 nitrogen and oxygen atoms in total. The molecule has 0 aromatic heterocycles. The Balaban J connectivity index is 0.000000273. The van der Waals surface area contributed by atoms with Gasteiger partial charge < -0.3 is 22.4 Å². The average Bonchev–Trinajstić information content (AvgIpc) is 3.11. The van der Waals surface area contributed by atoms with Gasteiger partial charge in [-0.3, -0.25) is 4.18 Å². The highest BCUT2D eigenvalue weighted by Gasteiger charge is 2.39. The van der Waals surface area contributed by atoms with Gasteiger partial charge in [0.2, 0.25) is 9.79 Å². The van der Waals surface area contributed by atoms with Crippen molar-refractivity contribution in [2.75, 3.05) is 0 Å². The summed E-state index contributed by atoms with van der Waals surface area (Å²) in [5, 5.41) is 0. The van der Waals surface area contributed by atoms with Gasteiger partial charge in [-0.2, -0.15) is 0 Å². The van der Waals surface area contributed by atoms with E-state index in [1.165, 1.54) is 0 Å². The second kappa shape index (κ2) is 15.3. The van der Waals surface area contributed by atoms with E-state index in [9.17, 15) is 39.1 Å². The molecule has 0 atom stereocenters. The van der Waals surface area contributed by atoms with E-state index in [1.807, 2.05) is 78.9 Å². The number of hydrogen-bond acceptors (Lipinski definition) is 4. The van der Waals surface area contributed by atoms with Gasteiger partial charge in [0.15, 0.2) is 23.2 Å². The standard InChI is InChI=1S/C30H23O4S.C6BF8/c31-35(34-28-14-8-3-9-15-28,29-20-16-26(17-21-29)32-24-10-4-1-5-11-24)30-22-18-27(19-23-30)33-25-12-6-2-7-13-25;8-2-1(7(13,14)15)3(9)5(11)6(12)4(2)10/h1-23H;/q+1;-1. The first-order valence-corrected chi connectivity index (χ1v) is 16.0. The van der Waals surface area contributed by atoms with E-state index in [2.05, 4.69) is 0 Å². The van der Waals surface area contributed by atoms with Crippen LogP contribution in [0.3, 0.4) is 0 Å². The van der Waals surface area contributed by atoms with Crippen molar-refractivity contribution in [1.82, 2.24) is 0 Å². The van der Waals surface area contributed by atoms with E-state index in [-0.39, 0.29) is 0 Å². The summed E-state index contributed by atoms with van der Waals surface area (Å²) in [6.07, 6.45) is 0. The van der Waals surface area contributed by atoms with Crippen molar-refractivity contribution in [3.63, 3.8) is 0 Å². The van der Waals surface area contributed by atoms with Crippen LogP contribution in [0.4, 0.5) is 34.9 Å². The Hall–Kier alpha value is -5.63.